The van der Waals surface area contributed by atoms with E-state index in [9.17, 15) is 24.1 Å². The van der Waals surface area contributed by atoms with Crippen LogP contribution in [-0.4, -0.2) is 30.8 Å². The average molecular weight is 314 g/mol. The normalized spacial score (nSPS) is 10.6. The minimum Gasteiger partial charge on any atom is -0.478 e. The third-order valence-electron chi connectivity index (χ3n) is 2.52. The number of rotatable bonds is 4. The molecule has 1 aromatic heterocycles. The van der Waals surface area contributed by atoms with Gasteiger partial charge in [0.15, 0.2) is 5.16 Å². The quantitative estimate of drug-likeness (QED) is 0.635. The van der Waals surface area contributed by atoms with Crippen molar-refractivity contribution in [2.75, 3.05) is 0 Å². The molecule has 2 aromatic rings. The molecular weight excluding hydrogens is 307 g/mol. The summed E-state index contributed by atoms with van der Waals surface area (Å²) in [5, 5.41) is 25.6. The van der Waals surface area contributed by atoms with Crippen molar-refractivity contribution in [2.45, 2.75) is 10.1 Å². The van der Waals surface area contributed by atoms with Crippen LogP contribution in [0.25, 0.3) is 0 Å². The second-order valence-electron chi connectivity index (χ2n) is 3.83. The van der Waals surface area contributed by atoms with Gasteiger partial charge in [-0.15, -0.1) is 5.10 Å². The van der Waals surface area contributed by atoms with E-state index in [2.05, 4.69) is 10.2 Å². The molecule has 0 bridgehead atoms. The van der Waals surface area contributed by atoms with Crippen molar-refractivity contribution in [3.8, 4) is 0 Å². The fourth-order valence-corrected chi connectivity index (χ4v) is 2.36. The molecule has 0 aliphatic carbocycles. The standard InChI is InChI=1S/C10H7FN4O5S/c1-14-9(18)12-13-10(14)21-7-3-5(11)4(8(16)17)2-6(7)15(19)20/h2-3H,1H3,(H,12,18)(H,16,17). The van der Waals surface area contributed by atoms with Crippen LogP contribution in [0.4, 0.5) is 10.1 Å². The van der Waals surface area contributed by atoms with Gasteiger partial charge in [-0.2, -0.15) is 0 Å². The number of aromatic nitrogens is 3. The van der Waals surface area contributed by atoms with Crippen molar-refractivity contribution in [3.05, 3.63) is 44.1 Å². The van der Waals surface area contributed by atoms with Crippen LogP contribution in [0.3, 0.4) is 0 Å². The molecule has 21 heavy (non-hydrogen) atoms. The molecule has 110 valence electrons. The summed E-state index contributed by atoms with van der Waals surface area (Å²) in [5.74, 6) is -2.73. The molecule has 1 heterocycles. The summed E-state index contributed by atoms with van der Waals surface area (Å²) in [6, 6.07) is 1.36. The smallest absolute Gasteiger partial charge is 0.343 e. The molecular formula is C10H7FN4O5S. The number of nitrogens with one attached hydrogen (secondary N) is 1. The Hall–Kier alpha value is -2.69. The maximum atomic E-state index is 13.6. The minimum atomic E-state index is -1.61. The Bertz CT molecular complexity index is 799. The highest BCUT2D eigenvalue weighted by Gasteiger charge is 2.23. The van der Waals surface area contributed by atoms with E-state index < -0.39 is 33.7 Å². The zero-order chi connectivity index (χ0) is 15.7. The number of nitro benzene ring substituents is 1. The Morgan fingerprint density at radius 1 is 1.57 bits per heavy atom. The molecule has 0 radical (unpaired) electrons. The number of H-pyrrole nitrogens is 1. The number of carboxylic acids is 1. The maximum Gasteiger partial charge on any atom is 0.343 e. The minimum absolute atomic E-state index is 0.0746. The van der Waals surface area contributed by atoms with Crippen molar-refractivity contribution in [1.29, 1.82) is 0 Å². The molecule has 0 saturated carbocycles. The van der Waals surface area contributed by atoms with Gasteiger partial charge in [-0.05, 0) is 17.8 Å². The number of halogens is 1. The van der Waals surface area contributed by atoms with Crippen LogP contribution in [0.15, 0.2) is 27.0 Å². The van der Waals surface area contributed by atoms with E-state index >= 15 is 0 Å². The van der Waals surface area contributed by atoms with Crippen LogP contribution in [0.5, 0.6) is 0 Å². The largest absolute Gasteiger partial charge is 0.478 e. The molecule has 2 rings (SSSR count). The fourth-order valence-electron chi connectivity index (χ4n) is 1.45. The van der Waals surface area contributed by atoms with Gasteiger partial charge in [-0.3, -0.25) is 14.7 Å². The van der Waals surface area contributed by atoms with Crippen LogP contribution in [-0.2, 0) is 7.05 Å². The Morgan fingerprint density at radius 2 is 2.24 bits per heavy atom. The lowest BCUT2D eigenvalue weighted by molar-refractivity contribution is -0.387. The molecule has 0 fully saturated rings. The molecule has 11 heteroatoms. The molecule has 0 atom stereocenters. The first-order chi connectivity index (χ1) is 9.81. The fraction of sp³-hybridized carbons (Fsp3) is 0.100. The van der Waals surface area contributed by atoms with Crippen molar-refractivity contribution in [3.63, 3.8) is 0 Å². The lowest BCUT2D eigenvalue weighted by atomic mass is 10.2. The second-order valence-corrected chi connectivity index (χ2v) is 4.84. The average Bonchev–Trinajstić information content (AvgIpc) is 2.70. The number of hydrogen-bond donors (Lipinski definition) is 2. The number of aromatic carboxylic acids is 1. The van der Waals surface area contributed by atoms with Gasteiger partial charge >= 0.3 is 11.7 Å². The third-order valence-corrected chi connectivity index (χ3v) is 3.61. The van der Waals surface area contributed by atoms with Gasteiger partial charge in [-0.1, -0.05) is 0 Å². The molecule has 0 spiro atoms. The summed E-state index contributed by atoms with van der Waals surface area (Å²) in [6.45, 7) is 0. The number of carbonyl (C=O) groups is 1. The highest BCUT2D eigenvalue weighted by Crippen LogP contribution is 2.35. The zero-order valence-electron chi connectivity index (χ0n) is 10.4. The lowest BCUT2D eigenvalue weighted by Crippen LogP contribution is -2.12. The van der Waals surface area contributed by atoms with Gasteiger partial charge in [0.2, 0.25) is 0 Å². The lowest BCUT2D eigenvalue weighted by Gasteiger charge is -2.04. The second kappa shape index (κ2) is 5.36. The van der Waals surface area contributed by atoms with Crippen LogP contribution in [0.2, 0.25) is 0 Å². The Balaban J connectivity index is 2.55. The van der Waals surface area contributed by atoms with Crippen LogP contribution < -0.4 is 5.69 Å². The number of nitrogens with zero attached hydrogens (tertiary/aromatic N) is 3. The highest BCUT2D eigenvalue weighted by atomic mass is 32.2. The van der Waals surface area contributed by atoms with Crippen molar-refractivity contribution in [1.82, 2.24) is 14.8 Å². The summed E-state index contributed by atoms with van der Waals surface area (Å²) in [4.78, 5) is 32.0. The number of hydrogen-bond acceptors (Lipinski definition) is 6. The summed E-state index contributed by atoms with van der Waals surface area (Å²) in [6.07, 6.45) is 0. The Kier molecular flexibility index (Phi) is 3.76. The molecule has 2 N–H and O–H groups in total. The first-order valence-corrected chi connectivity index (χ1v) is 6.13. The predicted molar refractivity (Wildman–Crippen MR) is 68.0 cm³/mol. The van der Waals surface area contributed by atoms with E-state index in [1.807, 2.05) is 0 Å². The molecule has 0 aliphatic heterocycles. The van der Waals surface area contributed by atoms with Gasteiger partial charge < -0.3 is 5.11 Å². The third kappa shape index (κ3) is 2.76. The first kappa shape index (κ1) is 14.7. The molecule has 0 aliphatic rings. The monoisotopic (exact) mass is 314 g/mol. The summed E-state index contributed by atoms with van der Waals surface area (Å²) in [5.41, 5.74) is -1.93. The molecule has 0 saturated heterocycles. The number of nitro groups is 1. The zero-order valence-corrected chi connectivity index (χ0v) is 11.2. The van der Waals surface area contributed by atoms with Crippen LogP contribution in [0.1, 0.15) is 10.4 Å². The maximum absolute atomic E-state index is 13.6. The highest BCUT2D eigenvalue weighted by molar-refractivity contribution is 7.99. The number of aromatic amines is 1. The van der Waals surface area contributed by atoms with E-state index in [1.165, 1.54) is 7.05 Å². The van der Waals surface area contributed by atoms with Crippen LogP contribution >= 0.6 is 11.8 Å². The first-order valence-electron chi connectivity index (χ1n) is 5.31. The molecule has 0 unspecified atom stereocenters. The van der Waals surface area contributed by atoms with Crippen molar-refractivity contribution >= 4 is 23.4 Å². The SMILES string of the molecule is Cn1c(Sc2cc(F)c(C(=O)O)cc2[N+](=O)[O-])n[nH]c1=O. The van der Waals surface area contributed by atoms with Gasteiger partial charge in [-0.25, -0.2) is 19.1 Å². The van der Waals surface area contributed by atoms with E-state index in [-0.39, 0.29) is 10.1 Å². The predicted octanol–water partition coefficient (Wildman–Crippen LogP) is 1.01. The van der Waals surface area contributed by atoms with Crippen LogP contribution in [0, 0.1) is 15.9 Å². The molecule has 9 nitrogen and oxygen atoms in total. The topological polar surface area (TPSA) is 131 Å². The van der Waals surface area contributed by atoms with E-state index in [0.29, 0.717) is 17.8 Å². The van der Waals surface area contributed by atoms with Gasteiger partial charge in [0.25, 0.3) is 5.69 Å². The van der Waals surface area contributed by atoms with Crippen molar-refractivity contribution < 1.29 is 19.2 Å². The molecule has 0 amide bonds. The number of carboxylic acid groups (broad SMARTS) is 1. The van der Waals surface area contributed by atoms with Gasteiger partial charge in [0.05, 0.1) is 9.82 Å². The van der Waals surface area contributed by atoms with Crippen molar-refractivity contribution in [2.24, 2.45) is 7.05 Å². The summed E-state index contributed by atoms with van der Waals surface area (Å²) < 4.78 is 14.7. The van der Waals surface area contributed by atoms with E-state index in [4.69, 9.17) is 5.11 Å². The summed E-state index contributed by atoms with van der Waals surface area (Å²) >= 11 is 0.671. The van der Waals surface area contributed by atoms with Gasteiger partial charge in [0, 0.05) is 13.1 Å². The van der Waals surface area contributed by atoms with E-state index in [1.54, 1.807) is 0 Å². The van der Waals surface area contributed by atoms with E-state index in [0.717, 1.165) is 10.6 Å². The number of benzene rings is 1. The Labute approximate surface area is 119 Å². The molecule has 1 aromatic carbocycles. The Morgan fingerprint density at radius 3 is 2.71 bits per heavy atom. The summed E-state index contributed by atoms with van der Waals surface area (Å²) in [7, 11) is 1.38. The van der Waals surface area contributed by atoms with Gasteiger partial charge in [0.1, 0.15) is 11.4 Å².